The Hall–Kier alpha value is -0.520. The van der Waals surface area contributed by atoms with E-state index in [1.54, 1.807) is 0 Å². The molecule has 0 aliphatic carbocycles. The molecule has 1 unspecified atom stereocenters. The van der Waals surface area contributed by atoms with Gasteiger partial charge < -0.3 is 9.45 Å². The smallest absolute Gasteiger partial charge is 0.136 e. The van der Waals surface area contributed by atoms with Gasteiger partial charge in [0.15, 0.2) is 0 Å². The molecular weight excluding hydrogens is 306 g/mol. The van der Waals surface area contributed by atoms with Crippen molar-refractivity contribution in [3.05, 3.63) is 11.3 Å². The van der Waals surface area contributed by atoms with E-state index in [-0.39, 0.29) is 22.2 Å². The third-order valence-corrected chi connectivity index (χ3v) is 6.17. The molecule has 0 radical (unpaired) electrons. The molecule has 1 N–H and O–H groups in total. The lowest BCUT2D eigenvalue weighted by Gasteiger charge is -2.37. The van der Waals surface area contributed by atoms with E-state index >= 15 is 0 Å². The molecule has 0 saturated carbocycles. The number of fused-ring (bicyclic) bond motifs is 1. The summed E-state index contributed by atoms with van der Waals surface area (Å²) in [5.74, 6) is 1.17. The van der Waals surface area contributed by atoms with Crippen LogP contribution in [0.1, 0.15) is 68.2 Å². The van der Waals surface area contributed by atoms with Crippen LogP contribution in [0.2, 0.25) is 0 Å². The third-order valence-electron chi connectivity index (χ3n) is 4.51. The summed E-state index contributed by atoms with van der Waals surface area (Å²) in [5.41, 5.74) is 2.94. The third kappa shape index (κ3) is 3.94. The van der Waals surface area contributed by atoms with Crippen molar-refractivity contribution < 1.29 is 4.55 Å². The molecule has 0 aromatic heterocycles. The van der Waals surface area contributed by atoms with Gasteiger partial charge >= 0.3 is 0 Å². The Morgan fingerprint density at radius 3 is 2.35 bits per heavy atom. The zero-order chi connectivity index (χ0) is 17.6. The van der Waals surface area contributed by atoms with Gasteiger partial charge in [-0.2, -0.15) is 0 Å². The second-order valence-corrected chi connectivity index (χ2v) is 10.7. The number of amidine groups is 1. The standard InChI is InChI=1S/C18H33N3OS/c1-9-15-19-12(2)16(17(3,4)5)14-10-13(11-21(14)15)20-23(22)18(6,7)8/h12-13,20H,9-11H2,1-8H3/t12-,13-,23?/m0/s1. The number of hydrogen-bond acceptors (Lipinski definition) is 4. The summed E-state index contributed by atoms with van der Waals surface area (Å²) in [4.78, 5) is 7.31. The molecule has 0 amide bonds. The summed E-state index contributed by atoms with van der Waals surface area (Å²) in [5, 5.41) is 0. The topological polar surface area (TPSA) is 50.7 Å². The highest BCUT2D eigenvalue weighted by atomic mass is 32.2. The molecule has 2 aliphatic rings. The lowest BCUT2D eigenvalue weighted by atomic mass is 9.80. The molecule has 132 valence electrons. The van der Waals surface area contributed by atoms with Crippen LogP contribution in [-0.4, -0.2) is 38.7 Å². The second kappa shape index (κ2) is 6.41. The van der Waals surface area contributed by atoms with Gasteiger partial charge in [-0.25, -0.2) is 0 Å². The normalized spacial score (nSPS) is 27.2. The number of rotatable bonds is 3. The van der Waals surface area contributed by atoms with Gasteiger partial charge in [0.2, 0.25) is 0 Å². The maximum absolute atomic E-state index is 12.5. The van der Waals surface area contributed by atoms with Gasteiger partial charge in [0.25, 0.3) is 0 Å². The van der Waals surface area contributed by atoms with Crippen LogP contribution < -0.4 is 4.72 Å². The van der Waals surface area contributed by atoms with Crippen LogP contribution in [0.5, 0.6) is 0 Å². The fourth-order valence-corrected chi connectivity index (χ4v) is 4.42. The molecule has 0 spiro atoms. The lowest BCUT2D eigenvalue weighted by molar-refractivity contribution is 0.421. The fraction of sp³-hybridized carbons (Fsp3) is 0.833. The molecule has 2 rings (SSSR count). The van der Waals surface area contributed by atoms with Gasteiger partial charge in [-0.1, -0.05) is 27.7 Å². The Bertz CT molecular complexity index is 513. The zero-order valence-corrected chi connectivity index (χ0v) is 16.8. The quantitative estimate of drug-likeness (QED) is 0.799. The van der Waals surface area contributed by atoms with Crippen molar-refractivity contribution in [3.63, 3.8) is 0 Å². The average Bonchev–Trinajstić information content (AvgIpc) is 2.77. The van der Waals surface area contributed by atoms with Crippen molar-refractivity contribution in [2.45, 2.75) is 85.1 Å². The molecule has 23 heavy (non-hydrogen) atoms. The Morgan fingerprint density at radius 1 is 1.26 bits per heavy atom. The predicted octanol–water partition coefficient (Wildman–Crippen LogP) is 3.62. The van der Waals surface area contributed by atoms with E-state index in [0.29, 0.717) is 0 Å². The average molecular weight is 340 g/mol. The number of aliphatic imine (C=N–C) groups is 1. The molecule has 1 saturated heterocycles. The van der Waals surface area contributed by atoms with Crippen LogP contribution in [0.15, 0.2) is 16.3 Å². The van der Waals surface area contributed by atoms with Crippen molar-refractivity contribution in [2.75, 3.05) is 6.54 Å². The minimum absolute atomic E-state index is 0.105. The molecule has 3 atom stereocenters. The van der Waals surface area contributed by atoms with Gasteiger partial charge in [-0.15, -0.1) is 4.72 Å². The van der Waals surface area contributed by atoms with Gasteiger partial charge in [0, 0.05) is 36.4 Å². The van der Waals surface area contributed by atoms with Crippen LogP contribution in [0, 0.1) is 5.41 Å². The van der Waals surface area contributed by atoms with E-state index in [2.05, 4.69) is 44.2 Å². The first-order valence-electron chi connectivity index (χ1n) is 8.71. The van der Waals surface area contributed by atoms with E-state index in [0.717, 1.165) is 19.4 Å². The first-order chi connectivity index (χ1) is 10.4. The summed E-state index contributed by atoms with van der Waals surface area (Å²) < 4.78 is 15.6. The van der Waals surface area contributed by atoms with E-state index in [1.165, 1.54) is 17.1 Å². The van der Waals surface area contributed by atoms with E-state index in [9.17, 15) is 4.55 Å². The number of hydrogen-bond donors (Lipinski definition) is 1. The molecule has 0 aromatic rings. The van der Waals surface area contributed by atoms with Crippen LogP contribution >= 0.6 is 0 Å². The molecule has 1 fully saturated rings. The SMILES string of the molecule is CCC1=N[C@@H](C)C(C(C)(C)C)=C2C[C@H](N[S+]([O-])C(C)(C)C)CN12. The van der Waals surface area contributed by atoms with Gasteiger partial charge in [-0.05, 0) is 38.7 Å². The molecular formula is C18H33N3OS. The highest BCUT2D eigenvalue weighted by Crippen LogP contribution is 2.41. The summed E-state index contributed by atoms with van der Waals surface area (Å²) >= 11 is -1.03. The lowest BCUT2D eigenvalue weighted by Crippen LogP contribution is -2.46. The predicted molar refractivity (Wildman–Crippen MR) is 99.8 cm³/mol. The summed E-state index contributed by atoms with van der Waals surface area (Å²) in [6.07, 6.45) is 1.89. The zero-order valence-electron chi connectivity index (χ0n) is 16.0. The molecule has 4 nitrogen and oxygen atoms in total. The van der Waals surface area contributed by atoms with E-state index < -0.39 is 11.4 Å². The molecule has 2 aliphatic heterocycles. The van der Waals surface area contributed by atoms with Crippen LogP contribution in [0.4, 0.5) is 0 Å². The van der Waals surface area contributed by atoms with Crippen molar-refractivity contribution >= 4 is 17.2 Å². The Morgan fingerprint density at radius 2 is 1.87 bits per heavy atom. The number of nitrogens with zero attached hydrogens (tertiary/aromatic N) is 2. The monoisotopic (exact) mass is 339 g/mol. The van der Waals surface area contributed by atoms with Gasteiger partial charge in [0.05, 0.1) is 12.1 Å². The van der Waals surface area contributed by atoms with Crippen molar-refractivity contribution in [2.24, 2.45) is 10.4 Å². The van der Waals surface area contributed by atoms with Crippen LogP contribution in [0.3, 0.4) is 0 Å². The Balaban J connectivity index is 2.29. The van der Waals surface area contributed by atoms with Gasteiger partial charge in [0.1, 0.15) is 10.6 Å². The maximum Gasteiger partial charge on any atom is 0.136 e. The van der Waals surface area contributed by atoms with Crippen LogP contribution in [0.25, 0.3) is 0 Å². The Labute approximate surface area is 145 Å². The fourth-order valence-electron chi connectivity index (χ4n) is 3.60. The van der Waals surface area contributed by atoms with Crippen molar-refractivity contribution in [1.82, 2.24) is 9.62 Å². The molecule has 0 aromatic carbocycles. The maximum atomic E-state index is 12.5. The first kappa shape index (κ1) is 18.8. The molecule has 2 heterocycles. The first-order valence-corrected chi connectivity index (χ1v) is 9.86. The van der Waals surface area contributed by atoms with Crippen molar-refractivity contribution in [3.8, 4) is 0 Å². The highest BCUT2D eigenvalue weighted by Gasteiger charge is 2.41. The Kier molecular flexibility index (Phi) is 5.25. The van der Waals surface area contributed by atoms with E-state index in [4.69, 9.17) is 4.99 Å². The molecule has 0 bridgehead atoms. The number of nitrogens with one attached hydrogen (secondary N) is 1. The van der Waals surface area contributed by atoms with E-state index in [1.807, 2.05) is 20.8 Å². The second-order valence-electron chi connectivity index (χ2n) is 8.70. The summed E-state index contributed by atoms with van der Waals surface area (Å²) in [6.45, 7) is 18.1. The molecule has 5 heteroatoms. The minimum Gasteiger partial charge on any atom is -0.598 e. The largest absolute Gasteiger partial charge is 0.598 e. The summed E-state index contributed by atoms with van der Waals surface area (Å²) in [7, 11) is 0. The summed E-state index contributed by atoms with van der Waals surface area (Å²) in [6, 6.07) is 0.465. The van der Waals surface area contributed by atoms with Crippen molar-refractivity contribution in [1.29, 1.82) is 0 Å². The van der Waals surface area contributed by atoms with Gasteiger partial charge in [-0.3, -0.25) is 4.99 Å². The van der Waals surface area contributed by atoms with Crippen LogP contribution in [-0.2, 0) is 11.4 Å². The highest BCUT2D eigenvalue weighted by molar-refractivity contribution is 7.90. The minimum atomic E-state index is -1.03.